The highest BCUT2D eigenvalue weighted by Crippen LogP contribution is 2.65. The molecule has 4 aliphatic rings. The number of hydrogen-bond acceptors (Lipinski definition) is 4. The van der Waals surface area contributed by atoms with Gasteiger partial charge in [0.2, 0.25) is 0 Å². The van der Waals surface area contributed by atoms with Gasteiger partial charge in [0, 0.05) is 18.8 Å². The smallest absolute Gasteiger partial charge is 0.303 e. The quantitative estimate of drug-likeness (QED) is 0.692. The standard InChI is InChI=1S/C23H28O4/c1-14(24)23(27-15(2)25)12-20-18-6-5-16-11-17(26)7-10-22(16,4)19(18)8-9-21(20,3)13-23/h5-7,10-11,18-20H,8-9,12-13H2,1-4H3/t18-,19-,20+,21-,22+,23-/m1/s1. The molecule has 4 rings (SSSR count). The van der Waals surface area contributed by atoms with Gasteiger partial charge in [-0.05, 0) is 67.1 Å². The third-order valence-electron chi connectivity index (χ3n) is 7.85. The normalized spacial score (nSPS) is 44.8. The van der Waals surface area contributed by atoms with Gasteiger partial charge in [-0.3, -0.25) is 14.4 Å². The summed E-state index contributed by atoms with van der Waals surface area (Å²) in [6.07, 6.45) is 13.1. The maximum absolute atomic E-state index is 12.5. The Balaban J connectivity index is 1.73. The molecule has 0 bridgehead atoms. The Morgan fingerprint density at radius 3 is 2.56 bits per heavy atom. The van der Waals surface area contributed by atoms with Crippen molar-refractivity contribution >= 4 is 17.5 Å². The lowest BCUT2D eigenvalue weighted by Crippen LogP contribution is -2.46. The van der Waals surface area contributed by atoms with Gasteiger partial charge in [0.05, 0.1) is 0 Å². The largest absolute Gasteiger partial charge is 0.451 e. The number of carbonyl (C=O) groups excluding carboxylic acids is 3. The Labute approximate surface area is 160 Å². The number of ether oxygens (including phenoxy) is 1. The average Bonchev–Trinajstić information content (AvgIpc) is 2.88. The van der Waals surface area contributed by atoms with E-state index < -0.39 is 5.60 Å². The molecule has 2 saturated carbocycles. The van der Waals surface area contributed by atoms with Gasteiger partial charge in [0.25, 0.3) is 0 Å². The molecule has 4 heteroatoms. The van der Waals surface area contributed by atoms with E-state index in [4.69, 9.17) is 4.74 Å². The Bertz CT molecular complexity index is 818. The van der Waals surface area contributed by atoms with Crippen LogP contribution in [0.3, 0.4) is 0 Å². The van der Waals surface area contributed by atoms with Gasteiger partial charge in [-0.2, -0.15) is 0 Å². The van der Waals surface area contributed by atoms with Crippen molar-refractivity contribution in [2.75, 3.05) is 0 Å². The highest BCUT2D eigenvalue weighted by atomic mass is 16.6. The summed E-state index contributed by atoms with van der Waals surface area (Å²) in [4.78, 5) is 36.1. The molecular formula is C23H28O4. The number of esters is 1. The molecule has 0 spiro atoms. The van der Waals surface area contributed by atoms with Crippen LogP contribution in [0.25, 0.3) is 0 Å². The maximum Gasteiger partial charge on any atom is 0.303 e. The molecule has 4 nitrogen and oxygen atoms in total. The summed E-state index contributed by atoms with van der Waals surface area (Å²) in [5, 5.41) is 0. The molecule has 0 amide bonds. The fraction of sp³-hybridized carbons (Fsp3) is 0.609. The number of fused-ring (bicyclic) bond motifs is 5. The molecular weight excluding hydrogens is 340 g/mol. The number of hydrogen-bond donors (Lipinski definition) is 0. The lowest BCUT2D eigenvalue weighted by atomic mass is 9.50. The van der Waals surface area contributed by atoms with E-state index in [0.29, 0.717) is 30.6 Å². The number of rotatable bonds is 2. The summed E-state index contributed by atoms with van der Waals surface area (Å²) < 4.78 is 5.66. The summed E-state index contributed by atoms with van der Waals surface area (Å²) in [7, 11) is 0. The van der Waals surface area contributed by atoms with Gasteiger partial charge in [-0.25, -0.2) is 0 Å². The van der Waals surface area contributed by atoms with E-state index in [9.17, 15) is 14.4 Å². The molecule has 0 heterocycles. The Hall–Kier alpha value is -1.97. The zero-order valence-electron chi connectivity index (χ0n) is 16.6. The minimum absolute atomic E-state index is 0.0155. The van der Waals surface area contributed by atoms with Crippen LogP contribution in [0.4, 0.5) is 0 Å². The van der Waals surface area contributed by atoms with Crippen LogP contribution in [0.15, 0.2) is 36.0 Å². The lowest BCUT2D eigenvalue weighted by molar-refractivity contribution is -0.165. The first-order valence-electron chi connectivity index (χ1n) is 9.94. The zero-order chi connectivity index (χ0) is 19.6. The first-order chi connectivity index (χ1) is 12.6. The Morgan fingerprint density at radius 2 is 1.89 bits per heavy atom. The highest BCUT2D eigenvalue weighted by molar-refractivity contribution is 6.01. The molecule has 0 aromatic carbocycles. The van der Waals surface area contributed by atoms with E-state index in [1.807, 2.05) is 0 Å². The fourth-order valence-electron chi connectivity index (χ4n) is 6.44. The predicted molar refractivity (Wildman–Crippen MR) is 102 cm³/mol. The Morgan fingerprint density at radius 1 is 1.15 bits per heavy atom. The van der Waals surface area contributed by atoms with Crippen LogP contribution in [0.1, 0.15) is 53.4 Å². The van der Waals surface area contributed by atoms with Crippen molar-refractivity contribution in [2.24, 2.45) is 28.6 Å². The van der Waals surface area contributed by atoms with Crippen molar-refractivity contribution in [3.8, 4) is 0 Å². The topological polar surface area (TPSA) is 60.4 Å². The van der Waals surface area contributed by atoms with E-state index in [1.54, 1.807) is 19.1 Å². The van der Waals surface area contributed by atoms with Gasteiger partial charge >= 0.3 is 5.97 Å². The summed E-state index contributed by atoms with van der Waals surface area (Å²) in [5.74, 6) is 0.642. The fourth-order valence-corrected chi connectivity index (χ4v) is 6.44. The van der Waals surface area contributed by atoms with Gasteiger partial charge in [-0.15, -0.1) is 0 Å². The monoisotopic (exact) mass is 368 g/mol. The van der Waals surface area contributed by atoms with Crippen molar-refractivity contribution in [2.45, 2.75) is 59.0 Å². The van der Waals surface area contributed by atoms with Crippen molar-refractivity contribution in [1.29, 1.82) is 0 Å². The zero-order valence-corrected chi connectivity index (χ0v) is 16.6. The third-order valence-corrected chi connectivity index (χ3v) is 7.85. The first-order valence-corrected chi connectivity index (χ1v) is 9.94. The van der Waals surface area contributed by atoms with E-state index >= 15 is 0 Å². The van der Waals surface area contributed by atoms with E-state index in [0.717, 1.165) is 18.4 Å². The molecule has 4 aliphatic carbocycles. The maximum atomic E-state index is 12.5. The minimum Gasteiger partial charge on any atom is -0.451 e. The van der Waals surface area contributed by atoms with Crippen LogP contribution >= 0.6 is 0 Å². The summed E-state index contributed by atoms with van der Waals surface area (Å²) in [5.41, 5.74) is -0.0463. The van der Waals surface area contributed by atoms with Gasteiger partial charge in [-0.1, -0.05) is 32.1 Å². The molecule has 0 aromatic rings. The first kappa shape index (κ1) is 18.4. The molecule has 0 aromatic heterocycles. The Kier molecular flexibility index (Phi) is 3.93. The van der Waals surface area contributed by atoms with Gasteiger partial charge < -0.3 is 4.74 Å². The van der Waals surface area contributed by atoms with Crippen LogP contribution in [0, 0.1) is 28.6 Å². The second-order valence-electron chi connectivity index (χ2n) is 9.49. The van der Waals surface area contributed by atoms with Gasteiger partial charge in [0.1, 0.15) is 0 Å². The molecule has 0 aliphatic heterocycles. The van der Waals surface area contributed by atoms with Crippen molar-refractivity contribution in [1.82, 2.24) is 0 Å². The molecule has 144 valence electrons. The molecule has 27 heavy (non-hydrogen) atoms. The summed E-state index contributed by atoms with van der Waals surface area (Å²) >= 11 is 0. The van der Waals surface area contributed by atoms with E-state index in [2.05, 4.69) is 32.1 Å². The van der Waals surface area contributed by atoms with Crippen molar-refractivity contribution < 1.29 is 19.1 Å². The summed E-state index contributed by atoms with van der Waals surface area (Å²) in [6.45, 7) is 7.42. The number of ketones is 2. The SMILES string of the molecule is CC(=O)O[C@]1(C(C)=O)C[C@H]2[C@@H]3C=CC4=CC(=O)C=C[C@]4(C)[C@@H]3CC[C@]2(C)C1. The number of allylic oxidation sites excluding steroid dienone is 6. The molecule has 6 atom stereocenters. The van der Waals surface area contributed by atoms with Crippen LogP contribution < -0.4 is 0 Å². The van der Waals surface area contributed by atoms with Crippen molar-refractivity contribution in [3.63, 3.8) is 0 Å². The van der Waals surface area contributed by atoms with Crippen LogP contribution in [0.2, 0.25) is 0 Å². The van der Waals surface area contributed by atoms with Crippen molar-refractivity contribution in [3.05, 3.63) is 36.0 Å². The van der Waals surface area contributed by atoms with Crippen LogP contribution in [-0.2, 0) is 19.1 Å². The predicted octanol–water partition coefficient (Wildman–Crippen LogP) is 3.96. The minimum atomic E-state index is -0.983. The second-order valence-corrected chi connectivity index (χ2v) is 9.49. The lowest BCUT2D eigenvalue weighted by Gasteiger charge is -2.53. The number of carbonyl (C=O) groups is 3. The average molecular weight is 368 g/mol. The number of Topliss-reactive ketones (excluding diaryl/α,β-unsaturated/α-hetero) is 1. The van der Waals surface area contributed by atoms with Gasteiger partial charge in [0.15, 0.2) is 17.2 Å². The molecule has 0 radical (unpaired) electrons. The van der Waals surface area contributed by atoms with E-state index in [1.165, 1.54) is 6.92 Å². The highest BCUT2D eigenvalue weighted by Gasteiger charge is 2.62. The molecule has 0 saturated heterocycles. The van der Waals surface area contributed by atoms with Crippen LogP contribution in [-0.4, -0.2) is 23.1 Å². The molecule has 2 fully saturated rings. The molecule has 0 N–H and O–H groups in total. The van der Waals surface area contributed by atoms with E-state index in [-0.39, 0.29) is 28.4 Å². The van der Waals surface area contributed by atoms with Crippen LogP contribution in [0.5, 0.6) is 0 Å². The second kappa shape index (κ2) is 5.76. The third kappa shape index (κ3) is 2.60. The summed E-state index contributed by atoms with van der Waals surface area (Å²) in [6, 6.07) is 0. The molecule has 0 unspecified atom stereocenters.